The average molecular weight is 329 g/mol. The summed E-state index contributed by atoms with van der Waals surface area (Å²) in [6.45, 7) is 5.40. The number of nitrogens with zero attached hydrogens (tertiary/aromatic N) is 1. The quantitative estimate of drug-likeness (QED) is 0.831. The molecule has 1 heterocycles. The first-order chi connectivity index (χ1) is 9.13. The van der Waals surface area contributed by atoms with Crippen LogP contribution >= 0.6 is 15.9 Å². The van der Waals surface area contributed by atoms with Gasteiger partial charge in [0, 0.05) is 6.04 Å². The summed E-state index contributed by atoms with van der Waals surface area (Å²) in [6.07, 6.45) is 2.36. The molecule has 2 rings (SSSR count). The molecule has 4 heteroatoms. The Bertz CT molecular complexity index is 425. The Labute approximate surface area is 123 Å². The molecule has 2 unspecified atom stereocenters. The van der Waals surface area contributed by atoms with Crippen molar-refractivity contribution in [1.82, 2.24) is 10.2 Å². The molecule has 1 aliphatic rings. The van der Waals surface area contributed by atoms with Gasteiger partial charge >= 0.3 is 0 Å². The fourth-order valence-electron chi connectivity index (χ4n) is 2.93. The van der Waals surface area contributed by atoms with Crippen LogP contribution in [0.25, 0.3) is 0 Å². The third kappa shape index (κ3) is 3.56. The Hall–Kier alpha value is -0.450. The van der Waals surface area contributed by atoms with Gasteiger partial charge in [0.05, 0.1) is 4.47 Å². The second-order valence-electron chi connectivity index (χ2n) is 5.35. The maximum absolute atomic E-state index is 13.4. The van der Waals surface area contributed by atoms with E-state index >= 15 is 0 Å². The van der Waals surface area contributed by atoms with Crippen LogP contribution in [0.15, 0.2) is 22.7 Å². The first kappa shape index (κ1) is 14.9. The van der Waals surface area contributed by atoms with E-state index in [9.17, 15) is 4.39 Å². The number of hydrogen-bond acceptors (Lipinski definition) is 2. The van der Waals surface area contributed by atoms with Crippen molar-refractivity contribution in [2.45, 2.75) is 25.8 Å². The second kappa shape index (κ2) is 6.82. The first-order valence-electron chi connectivity index (χ1n) is 6.99. The largest absolute Gasteiger partial charge is 0.316 e. The van der Waals surface area contributed by atoms with Crippen molar-refractivity contribution in [3.05, 3.63) is 34.1 Å². The summed E-state index contributed by atoms with van der Waals surface area (Å²) >= 11 is 3.29. The minimum atomic E-state index is -0.190. The Balaban J connectivity index is 2.11. The van der Waals surface area contributed by atoms with Gasteiger partial charge in [0.1, 0.15) is 5.82 Å². The molecule has 2 nitrogen and oxygen atoms in total. The zero-order valence-corrected chi connectivity index (χ0v) is 13.2. The highest BCUT2D eigenvalue weighted by Gasteiger charge is 2.32. The second-order valence-corrected chi connectivity index (χ2v) is 6.21. The van der Waals surface area contributed by atoms with Crippen LogP contribution in [-0.4, -0.2) is 31.6 Å². The lowest BCUT2D eigenvalue weighted by Gasteiger charge is -2.26. The molecule has 19 heavy (non-hydrogen) atoms. The molecule has 0 aliphatic carbocycles. The smallest absolute Gasteiger partial charge is 0.137 e. The molecular weight excluding hydrogens is 307 g/mol. The van der Waals surface area contributed by atoms with Gasteiger partial charge < -0.3 is 5.32 Å². The van der Waals surface area contributed by atoms with E-state index in [1.165, 1.54) is 12.0 Å². The molecule has 0 spiro atoms. The van der Waals surface area contributed by atoms with Gasteiger partial charge in [-0.15, -0.1) is 0 Å². The van der Waals surface area contributed by atoms with Gasteiger partial charge in [0.25, 0.3) is 0 Å². The van der Waals surface area contributed by atoms with Crippen molar-refractivity contribution in [3.8, 4) is 0 Å². The van der Waals surface area contributed by atoms with Crippen molar-refractivity contribution in [3.63, 3.8) is 0 Å². The third-order valence-electron chi connectivity index (χ3n) is 3.89. The van der Waals surface area contributed by atoms with E-state index in [4.69, 9.17) is 0 Å². The number of rotatable bonds is 5. The average Bonchev–Trinajstić information content (AvgIpc) is 2.75. The summed E-state index contributed by atoms with van der Waals surface area (Å²) in [6, 6.07) is 5.79. The molecule has 1 saturated heterocycles. The SMILES string of the molecule is CCCNCC1CCN(C)C1c1ccc(F)c(Br)c1. The number of nitrogens with one attached hydrogen (secondary N) is 1. The lowest BCUT2D eigenvalue weighted by Crippen LogP contribution is -2.29. The standard InChI is InChI=1S/C15H22BrFN2/c1-3-7-18-10-12-6-8-19(2)15(12)11-4-5-14(17)13(16)9-11/h4-5,9,12,15,18H,3,6-8,10H2,1-2H3. The van der Waals surface area contributed by atoms with Gasteiger partial charge in [-0.2, -0.15) is 0 Å². The van der Waals surface area contributed by atoms with E-state index in [1.54, 1.807) is 6.07 Å². The number of hydrogen-bond donors (Lipinski definition) is 1. The molecule has 1 fully saturated rings. The van der Waals surface area contributed by atoms with Gasteiger partial charge in [-0.25, -0.2) is 4.39 Å². The summed E-state index contributed by atoms with van der Waals surface area (Å²) in [5.74, 6) is 0.416. The van der Waals surface area contributed by atoms with Gasteiger partial charge in [0.15, 0.2) is 0 Å². The third-order valence-corrected chi connectivity index (χ3v) is 4.50. The summed E-state index contributed by atoms with van der Waals surface area (Å²) < 4.78 is 13.9. The van der Waals surface area contributed by atoms with Crippen LogP contribution in [0.5, 0.6) is 0 Å². The van der Waals surface area contributed by atoms with Crippen LogP contribution in [0.1, 0.15) is 31.4 Å². The highest BCUT2D eigenvalue weighted by Crippen LogP contribution is 2.36. The molecule has 1 N–H and O–H groups in total. The normalized spacial score (nSPS) is 24.0. The van der Waals surface area contributed by atoms with E-state index in [0.717, 1.165) is 26.1 Å². The highest BCUT2D eigenvalue weighted by molar-refractivity contribution is 9.10. The van der Waals surface area contributed by atoms with Crippen LogP contribution in [0.3, 0.4) is 0 Å². The fourth-order valence-corrected chi connectivity index (χ4v) is 3.32. The zero-order chi connectivity index (χ0) is 13.8. The summed E-state index contributed by atoms with van der Waals surface area (Å²) in [4.78, 5) is 2.37. The minimum Gasteiger partial charge on any atom is -0.316 e. The maximum atomic E-state index is 13.4. The van der Waals surface area contributed by atoms with Crippen molar-refractivity contribution < 1.29 is 4.39 Å². The van der Waals surface area contributed by atoms with Crippen molar-refractivity contribution in [1.29, 1.82) is 0 Å². The number of likely N-dealkylation sites (tertiary alicyclic amines) is 1. The summed E-state index contributed by atoms with van der Waals surface area (Å²) in [5, 5.41) is 3.51. The maximum Gasteiger partial charge on any atom is 0.137 e. The van der Waals surface area contributed by atoms with E-state index in [0.29, 0.717) is 16.4 Å². The first-order valence-corrected chi connectivity index (χ1v) is 7.78. The molecule has 0 bridgehead atoms. The molecule has 1 aromatic rings. The van der Waals surface area contributed by atoms with Crippen molar-refractivity contribution in [2.75, 3.05) is 26.7 Å². The highest BCUT2D eigenvalue weighted by atomic mass is 79.9. The Kier molecular flexibility index (Phi) is 5.37. The summed E-state index contributed by atoms with van der Waals surface area (Å²) in [5.41, 5.74) is 1.21. The van der Waals surface area contributed by atoms with Gasteiger partial charge in [0.2, 0.25) is 0 Å². The number of halogens is 2. The van der Waals surface area contributed by atoms with Crippen molar-refractivity contribution >= 4 is 15.9 Å². The molecular formula is C15H22BrFN2. The van der Waals surface area contributed by atoms with E-state index in [1.807, 2.05) is 12.1 Å². The molecule has 0 amide bonds. The molecule has 106 valence electrons. The molecule has 0 aromatic heterocycles. The fraction of sp³-hybridized carbons (Fsp3) is 0.600. The monoisotopic (exact) mass is 328 g/mol. The summed E-state index contributed by atoms with van der Waals surface area (Å²) in [7, 11) is 2.15. The van der Waals surface area contributed by atoms with Crippen molar-refractivity contribution in [2.24, 2.45) is 5.92 Å². The predicted molar refractivity (Wildman–Crippen MR) is 80.7 cm³/mol. The molecule has 1 aliphatic heterocycles. The van der Waals surface area contributed by atoms with Crippen LogP contribution in [-0.2, 0) is 0 Å². The molecule has 0 radical (unpaired) electrons. The van der Waals surface area contributed by atoms with Gasteiger partial charge in [-0.1, -0.05) is 13.0 Å². The topological polar surface area (TPSA) is 15.3 Å². The molecule has 2 atom stereocenters. The van der Waals surface area contributed by atoms with Crippen LogP contribution in [0, 0.1) is 11.7 Å². The lowest BCUT2D eigenvalue weighted by atomic mass is 9.93. The predicted octanol–water partition coefficient (Wildman–Crippen LogP) is 3.58. The van der Waals surface area contributed by atoms with Gasteiger partial charge in [-0.05, 0) is 79.1 Å². The Morgan fingerprint density at radius 3 is 2.95 bits per heavy atom. The van der Waals surface area contributed by atoms with Gasteiger partial charge in [-0.3, -0.25) is 4.90 Å². The van der Waals surface area contributed by atoms with E-state index in [2.05, 4.69) is 40.1 Å². The minimum absolute atomic E-state index is 0.190. The zero-order valence-electron chi connectivity index (χ0n) is 11.6. The van der Waals surface area contributed by atoms with Crippen LogP contribution < -0.4 is 5.32 Å². The Morgan fingerprint density at radius 1 is 1.47 bits per heavy atom. The van der Waals surface area contributed by atoms with Crippen LogP contribution in [0.4, 0.5) is 4.39 Å². The van der Waals surface area contributed by atoms with Crippen LogP contribution in [0.2, 0.25) is 0 Å². The number of benzene rings is 1. The molecule has 1 aromatic carbocycles. The molecule has 0 saturated carbocycles. The van der Waals surface area contributed by atoms with E-state index in [-0.39, 0.29) is 5.82 Å². The van der Waals surface area contributed by atoms with E-state index < -0.39 is 0 Å². The Morgan fingerprint density at radius 2 is 2.26 bits per heavy atom. The lowest BCUT2D eigenvalue weighted by molar-refractivity contribution is 0.272.